The van der Waals surface area contributed by atoms with E-state index in [0.717, 1.165) is 26.2 Å². The van der Waals surface area contributed by atoms with Gasteiger partial charge in [0.2, 0.25) is 0 Å². The molecule has 0 amide bonds. The Morgan fingerprint density at radius 2 is 2.00 bits per heavy atom. The second kappa shape index (κ2) is 8.94. The average molecular weight is 264 g/mol. The Balaban J connectivity index is 2.75. The van der Waals surface area contributed by atoms with Crippen LogP contribution in [0.2, 0.25) is 0 Å². The van der Waals surface area contributed by atoms with E-state index >= 15 is 0 Å². The van der Waals surface area contributed by atoms with Crippen molar-refractivity contribution in [1.29, 1.82) is 0 Å². The molecular formula is C16H28N2O. The summed E-state index contributed by atoms with van der Waals surface area (Å²) in [7, 11) is 1.73. The van der Waals surface area contributed by atoms with Crippen LogP contribution in [0.15, 0.2) is 24.3 Å². The van der Waals surface area contributed by atoms with Gasteiger partial charge in [0.1, 0.15) is 0 Å². The number of anilines is 1. The van der Waals surface area contributed by atoms with Crippen molar-refractivity contribution in [2.45, 2.75) is 39.8 Å². The second-order valence-electron chi connectivity index (χ2n) is 5.09. The molecule has 0 unspecified atom stereocenters. The summed E-state index contributed by atoms with van der Waals surface area (Å²) in [4.78, 5) is 2.48. The fourth-order valence-electron chi connectivity index (χ4n) is 2.24. The van der Waals surface area contributed by atoms with Crippen LogP contribution < -0.4 is 10.2 Å². The molecule has 1 N–H and O–H groups in total. The number of nitrogens with one attached hydrogen (secondary N) is 1. The normalized spacial score (nSPS) is 11.0. The summed E-state index contributed by atoms with van der Waals surface area (Å²) >= 11 is 0. The molecule has 0 heterocycles. The number of ether oxygens (including phenoxy) is 1. The van der Waals surface area contributed by atoms with Crippen LogP contribution in [-0.2, 0) is 11.3 Å². The van der Waals surface area contributed by atoms with Crippen LogP contribution >= 0.6 is 0 Å². The summed E-state index contributed by atoms with van der Waals surface area (Å²) in [5, 5.41) is 3.43. The van der Waals surface area contributed by atoms with Gasteiger partial charge in [-0.05, 0) is 31.9 Å². The summed E-state index contributed by atoms with van der Waals surface area (Å²) in [6.45, 7) is 10.4. The molecule has 0 bridgehead atoms. The molecule has 0 saturated heterocycles. The Hall–Kier alpha value is -1.06. The van der Waals surface area contributed by atoms with Crippen LogP contribution in [0.3, 0.4) is 0 Å². The van der Waals surface area contributed by atoms with E-state index in [1.807, 2.05) is 0 Å². The molecule has 3 nitrogen and oxygen atoms in total. The zero-order valence-corrected chi connectivity index (χ0v) is 12.8. The molecule has 19 heavy (non-hydrogen) atoms. The quantitative estimate of drug-likeness (QED) is 0.694. The molecule has 0 atom stereocenters. The molecule has 0 aliphatic heterocycles. The SMILES string of the molecule is CCCN(c1ccccc1CNCCOC)C(C)C. The second-order valence-corrected chi connectivity index (χ2v) is 5.09. The van der Waals surface area contributed by atoms with Gasteiger partial charge in [0.15, 0.2) is 0 Å². The number of hydrogen-bond donors (Lipinski definition) is 1. The first kappa shape index (κ1) is 16.0. The third-order valence-corrected chi connectivity index (χ3v) is 3.19. The number of methoxy groups -OCH3 is 1. The third kappa shape index (κ3) is 5.21. The van der Waals surface area contributed by atoms with E-state index < -0.39 is 0 Å². The van der Waals surface area contributed by atoms with Crippen molar-refractivity contribution in [3.05, 3.63) is 29.8 Å². The van der Waals surface area contributed by atoms with Crippen molar-refractivity contribution >= 4 is 5.69 Å². The molecule has 0 radical (unpaired) electrons. The molecule has 0 saturated carbocycles. The summed E-state index contributed by atoms with van der Waals surface area (Å²) in [6.07, 6.45) is 1.17. The van der Waals surface area contributed by atoms with Gasteiger partial charge in [0.05, 0.1) is 6.61 Å². The van der Waals surface area contributed by atoms with Crippen LogP contribution in [0.25, 0.3) is 0 Å². The lowest BCUT2D eigenvalue weighted by Gasteiger charge is -2.30. The van der Waals surface area contributed by atoms with Gasteiger partial charge in [-0.2, -0.15) is 0 Å². The van der Waals surface area contributed by atoms with Crippen LogP contribution in [0.4, 0.5) is 5.69 Å². The van der Waals surface area contributed by atoms with E-state index in [1.54, 1.807) is 7.11 Å². The maximum absolute atomic E-state index is 5.06. The molecule has 0 aromatic heterocycles. The van der Waals surface area contributed by atoms with Gasteiger partial charge in [-0.25, -0.2) is 0 Å². The van der Waals surface area contributed by atoms with E-state index in [9.17, 15) is 0 Å². The van der Waals surface area contributed by atoms with Crippen molar-refractivity contribution in [1.82, 2.24) is 5.32 Å². The van der Waals surface area contributed by atoms with Gasteiger partial charge in [0.25, 0.3) is 0 Å². The highest BCUT2D eigenvalue weighted by Crippen LogP contribution is 2.22. The Kier molecular flexibility index (Phi) is 7.53. The van der Waals surface area contributed by atoms with E-state index in [1.165, 1.54) is 17.7 Å². The smallest absolute Gasteiger partial charge is 0.0587 e. The van der Waals surface area contributed by atoms with Crippen molar-refractivity contribution in [3.8, 4) is 0 Å². The van der Waals surface area contributed by atoms with Crippen LogP contribution in [0.5, 0.6) is 0 Å². The first-order chi connectivity index (χ1) is 9.20. The summed E-state index contributed by atoms with van der Waals surface area (Å²) in [5.74, 6) is 0. The van der Waals surface area contributed by atoms with Crippen LogP contribution in [-0.4, -0.2) is 32.8 Å². The van der Waals surface area contributed by atoms with Crippen LogP contribution in [0, 0.1) is 0 Å². The van der Waals surface area contributed by atoms with Crippen molar-refractivity contribution < 1.29 is 4.74 Å². The first-order valence-electron chi connectivity index (χ1n) is 7.24. The van der Waals surface area contributed by atoms with E-state index in [-0.39, 0.29) is 0 Å². The highest BCUT2D eigenvalue weighted by molar-refractivity contribution is 5.54. The predicted molar refractivity (Wildman–Crippen MR) is 82.8 cm³/mol. The van der Waals surface area contributed by atoms with Gasteiger partial charge in [-0.3, -0.25) is 0 Å². The molecule has 0 aliphatic rings. The molecule has 1 aromatic carbocycles. The maximum atomic E-state index is 5.06. The monoisotopic (exact) mass is 264 g/mol. The minimum atomic E-state index is 0.528. The zero-order chi connectivity index (χ0) is 14.1. The Morgan fingerprint density at radius 3 is 2.63 bits per heavy atom. The fraction of sp³-hybridized carbons (Fsp3) is 0.625. The van der Waals surface area contributed by atoms with Crippen LogP contribution in [0.1, 0.15) is 32.8 Å². The molecule has 1 aromatic rings. The topological polar surface area (TPSA) is 24.5 Å². The molecule has 0 spiro atoms. The van der Waals surface area contributed by atoms with E-state index in [2.05, 4.69) is 55.3 Å². The van der Waals surface area contributed by atoms with Gasteiger partial charge >= 0.3 is 0 Å². The number of benzene rings is 1. The lowest BCUT2D eigenvalue weighted by atomic mass is 10.1. The lowest BCUT2D eigenvalue weighted by molar-refractivity contribution is 0.199. The highest BCUT2D eigenvalue weighted by Gasteiger charge is 2.12. The number of para-hydroxylation sites is 1. The van der Waals surface area contributed by atoms with Gasteiger partial charge in [-0.15, -0.1) is 0 Å². The number of rotatable bonds is 9. The van der Waals surface area contributed by atoms with Gasteiger partial charge in [0, 0.05) is 38.5 Å². The predicted octanol–water partition coefficient (Wildman–Crippen LogP) is 3.05. The standard InChI is InChI=1S/C16H28N2O/c1-5-11-18(14(2)3)16-9-7-6-8-15(16)13-17-10-12-19-4/h6-9,14,17H,5,10-13H2,1-4H3. The zero-order valence-electron chi connectivity index (χ0n) is 12.8. The molecular weight excluding hydrogens is 236 g/mol. The van der Waals surface area contributed by atoms with Gasteiger partial charge < -0.3 is 15.0 Å². The molecule has 3 heteroatoms. The fourth-order valence-corrected chi connectivity index (χ4v) is 2.24. The van der Waals surface area contributed by atoms with Crippen molar-refractivity contribution in [3.63, 3.8) is 0 Å². The van der Waals surface area contributed by atoms with E-state index in [4.69, 9.17) is 4.74 Å². The summed E-state index contributed by atoms with van der Waals surface area (Å²) in [5.41, 5.74) is 2.71. The minimum absolute atomic E-state index is 0.528. The Morgan fingerprint density at radius 1 is 1.26 bits per heavy atom. The molecule has 0 fully saturated rings. The highest BCUT2D eigenvalue weighted by atomic mass is 16.5. The largest absolute Gasteiger partial charge is 0.383 e. The lowest BCUT2D eigenvalue weighted by Crippen LogP contribution is -2.33. The molecule has 0 aliphatic carbocycles. The summed E-state index contributed by atoms with van der Waals surface area (Å²) < 4.78 is 5.06. The van der Waals surface area contributed by atoms with E-state index in [0.29, 0.717) is 6.04 Å². The van der Waals surface area contributed by atoms with Crippen molar-refractivity contribution in [2.75, 3.05) is 31.7 Å². The minimum Gasteiger partial charge on any atom is -0.383 e. The third-order valence-electron chi connectivity index (χ3n) is 3.19. The van der Waals surface area contributed by atoms with Crippen molar-refractivity contribution in [2.24, 2.45) is 0 Å². The average Bonchev–Trinajstić information content (AvgIpc) is 2.41. The summed E-state index contributed by atoms with van der Waals surface area (Å²) in [6, 6.07) is 9.20. The Labute approximate surface area is 118 Å². The maximum Gasteiger partial charge on any atom is 0.0587 e. The Bertz CT molecular complexity index is 352. The molecule has 108 valence electrons. The first-order valence-corrected chi connectivity index (χ1v) is 7.24. The van der Waals surface area contributed by atoms with Gasteiger partial charge in [-0.1, -0.05) is 25.1 Å². The number of nitrogens with zero attached hydrogens (tertiary/aromatic N) is 1. The molecule has 1 rings (SSSR count). The number of hydrogen-bond acceptors (Lipinski definition) is 3.